The Morgan fingerprint density at radius 2 is 2.05 bits per heavy atom. The second-order valence-corrected chi connectivity index (χ2v) is 5.22. The molecule has 3 rings (SSSR count). The van der Waals surface area contributed by atoms with Crippen molar-refractivity contribution < 1.29 is 0 Å². The summed E-state index contributed by atoms with van der Waals surface area (Å²) >= 11 is 0. The van der Waals surface area contributed by atoms with Crippen molar-refractivity contribution in [1.29, 1.82) is 5.26 Å². The van der Waals surface area contributed by atoms with E-state index in [0.29, 0.717) is 11.6 Å². The van der Waals surface area contributed by atoms with Crippen molar-refractivity contribution in [3.63, 3.8) is 0 Å². The second-order valence-electron chi connectivity index (χ2n) is 5.22. The summed E-state index contributed by atoms with van der Waals surface area (Å²) in [5, 5.41) is 17.0. The number of rotatable bonds is 2. The van der Waals surface area contributed by atoms with Crippen LogP contribution in [-0.4, -0.2) is 27.4 Å². The lowest BCUT2D eigenvalue weighted by Gasteiger charge is -2.36. The Labute approximate surface area is 118 Å². The average Bonchev–Trinajstić information content (AvgIpc) is 3.01. The van der Waals surface area contributed by atoms with E-state index in [-0.39, 0.29) is 0 Å². The highest BCUT2D eigenvalue weighted by atomic mass is 15.2. The minimum atomic E-state index is 0.497. The molecule has 0 saturated carbocycles. The molecule has 5 heteroatoms. The Balaban J connectivity index is 1.98. The molecule has 1 aromatic heterocycles. The van der Waals surface area contributed by atoms with Gasteiger partial charge in [0.05, 0.1) is 11.3 Å². The number of nitriles is 1. The van der Waals surface area contributed by atoms with Crippen LogP contribution in [-0.2, 0) is 0 Å². The highest BCUT2D eigenvalue weighted by molar-refractivity contribution is 5.63. The molecular formula is C15H17N5. The second kappa shape index (κ2) is 5.33. The molecule has 0 bridgehead atoms. The lowest BCUT2D eigenvalue weighted by atomic mass is 10.0. The highest BCUT2D eigenvalue weighted by Crippen LogP contribution is 2.29. The standard InChI is InChI=1S/C15H17N5/c1-12-4-2-3-7-20(12)15-6-5-14(8-13(15)9-16)19-10-17-18-11-19/h5-6,8,10-12H,2-4,7H2,1H3/t12-/m0/s1. The van der Waals surface area contributed by atoms with Crippen molar-refractivity contribution in [3.8, 4) is 11.8 Å². The molecule has 102 valence electrons. The molecule has 5 nitrogen and oxygen atoms in total. The van der Waals surface area contributed by atoms with Crippen LogP contribution in [0.25, 0.3) is 5.69 Å². The van der Waals surface area contributed by atoms with Crippen molar-refractivity contribution in [2.75, 3.05) is 11.4 Å². The monoisotopic (exact) mass is 267 g/mol. The lowest BCUT2D eigenvalue weighted by molar-refractivity contribution is 0.484. The first-order valence-corrected chi connectivity index (χ1v) is 6.95. The maximum absolute atomic E-state index is 9.44. The molecule has 0 spiro atoms. The van der Waals surface area contributed by atoms with Gasteiger partial charge in [-0.2, -0.15) is 5.26 Å². The van der Waals surface area contributed by atoms with Gasteiger partial charge < -0.3 is 4.90 Å². The van der Waals surface area contributed by atoms with Gasteiger partial charge in [-0.1, -0.05) is 0 Å². The van der Waals surface area contributed by atoms with Gasteiger partial charge >= 0.3 is 0 Å². The maximum Gasteiger partial charge on any atom is 0.123 e. The Hall–Kier alpha value is -2.35. The first-order chi connectivity index (χ1) is 9.79. The summed E-state index contributed by atoms with van der Waals surface area (Å²) in [6, 6.07) is 8.77. The van der Waals surface area contributed by atoms with Gasteiger partial charge in [0, 0.05) is 18.3 Å². The first-order valence-electron chi connectivity index (χ1n) is 6.95. The molecule has 0 amide bonds. The summed E-state index contributed by atoms with van der Waals surface area (Å²) in [5.74, 6) is 0. The minimum absolute atomic E-state index is 0.497. The van der Waals surface area contributed by atoms with Gasteiger partial charge in [0.1, 0.15) is 18.7 Å². The van der Waals surface area contributed by atoms with Crippen LogP contribution in [0.2, 0.25) is 0 Å². The number of hydrogen-bond acceptors (Lipinski definition) is 4. The zero-order chi connectivity index (χ0) is 13.9. The number of anilines is 1. The van der Waals surface area contributed by atoms with Gasteiger partial charge in [-0.3, -0.25) is 4.57 Å². The van der Waals surface area contributed by atoms with Crippen LogP contribution in [0.3, 0.4) is 0 Å². The van der Waals surface area contributed by atoms with Gasteiger partial charge in [-0.05, 0) is 44.4 Å². The summed E-state index contributed by atoms with van der Waals surface area (Å²) in [5.41, 5.74) is 2.67. The topological polar surface area (TPSA) is 57.7 Å². The number of benzene rings is 1. The first kappa shape index (κ1) is 12.7. The normalized spacial score (nSPS) is 18.8. The number of hydrogen-bond donors (Lipinski definition) is 0. The summed E-state index contributed by atoms with van der Waals surface area (Å²) in [7, 11) is 0. The number of piperidine rings is 1. The van der Waals surface area contributed by atoms with Crippen molar-refractivity contribution in [1.82, 2.24) is 14.8 Å². The van der Waals surface area contributed by atoms with Crippen molar-refractivity contribution >= 4 is 5.69 Å². The summed E-state index contributed by atoms with van der Waals surface area (Å²) < 4.78 is 1.81. The summed E-state index contributed by atoms with van der Waals surface area (Å²) in [6.45, 7) is 3.26. The van der Waals surface area contributed by atoms with Gasteiger partial charge in [-0.25, -0.2) is 0 Å². The molecule has 0 aliphatic carbocycles. The van der Waals surface area contributed by atoms with Gasteiger partial charge in [0.25, 0.3) is 0 Å². The van der Waals surface area contributed by atoms with E-state index in [1.165, 1.54) is 19.3 Å². The Kier molecular flexibility index (Phi) is 3.38. The molecule has 1 aromatic carbocycles. The van der Waals surface area contributed by atoms with Crippen LogP contribution in [0.5, 0.6) is 0 Å². The van der Waals surface area contributed by atoms with Crippen LogP contribution >= 0.6 is 0 Å². The molecule has 20 heavy (non-hydrogen) atoms. The zero-order valence-electron chi connectivity index (χ0n) is 11.5. The molecule has 0 N–H and O–H groups in total. The molecule has 0 radical (unpaired) electrons. The van der Waals surface area contributed by atoms with Crippen LogP contribution in [0.4, 0.5) is 5.69 Å². The zero-order valence-corrected chi connectivity index (χ0v) is 11.5. The van der Waals surface area contributed by atoms with Crippen LogP contribution in [0.15, 0.2) is 30.9 Å². The van der Waals surface area contributed by atoms with E-state index in [4.69, 9.17) is 0 Å². The molecule has 2 aromatic rings. The molecule has 1 fully saturated rings. The Bertz CT molecular complexity index is 626. The quantitative estimate of drug-likeness (QED) is 0.839. The molecule has 1 saturated heterocycles. The van der Waals surface area contributed by atoms with Crippen molar-refractivity contribution in [3.05, 3.63) is 36.4 Å². The van der Waals surface area contributed by atoms with Crippen LogP contribution in [0, 0.1) is 11.3 Å². The van der Waals surface area contributed by atoms with Crippen molar-refractivity contribution in [2.24, 2.45) is 0 Å². The smallest absolute Gasteiger partial charge is 0.123 e. The lowest BCUT2D eigenvalue weighted by Crippen LogP contribution is -2.37. The molecular weight excluding hydrogens is 250 g/mol. The summed E-state index contributed by atoms with van der Waals surface area (Å²) in [6.07, 6.45) is 6.94. The van der Waals surface area contributed by atoms with Crippen molar-refractivity contribution in [2.45, 2.75) is 32.2 Å². The third-order valence-electron chi connectivity index (χ3n) is 3.93. The number of aromatic nitrogens is 3. The van der Waals surface area contributed by atoms with E-state index >= 15 is 0 Å². The maximum atomic E-state index is 9.44. The van der Waals surface area contributed by atoms with Gasteiger partial charge in [0.15, 0.2) is 0 Å². The van der Waals surface area contributed by atoms with Crippen LogP contribution < -0.4 is 4.90 Å². The highest BCUT2D eigenvalue weighted by Gasteiger charge is 2.21. The summed E-state index contributed by atoms with van der Waals surface area (Å²) in [4.78, 5) is 2.35. The third-order valence-corrected chi connectivity index (χ3v) is 3.93. The fourth-order valence-corrected chi connectivity index (χ4v) is 2.81. The fourth-order valence-electron chi connectivity index (χ4n) is 2.81. The predicted molar refractivity (Wildman–Crippen MR) is 76.7 cm³/mol. The third kappa shape index (κ3) is 2.25. The largest absolute Gasteiger partial charge is 0.368 e. The van der Waals surface area contributed by atoms with E-state index in [1.807, 2.05) is 22.8 Å². The van der Waals surface area contributed by atoms with E-state index in [1.54, 1.807) is 12.7 Å². The van der Waals surface area contributed by atoms with E-state index < -0.39 is 0 Å². The molecule has 0 unspecified atom stereocenters. The average molecular weight is 267 g/mol. The van der Waals surface area contributed by atoms with Crippen LogP contribution in [0.1, 0.15) is 31.7 Å². The molecule has 2 heterocycles. The minimum Gasteiger partial charge on any atom is -0.368 e. The Morgan fingerprint density at radius 1 is 1.25 bits per heavy atom. The molecule has 1 atom stereocenters. The molecule has 1 aliphatic heterocycles. The van der Waals surface area contributed by atoms with E-state index in [0.717, 1.165) is 17.9 Å². The number of nitrogens with zero attached hydrogens (tertiary/aromatic N) is 5. The Morgan fingerprint density at radius 3 is 2.75 bits per heavy atom. The van der Waals surface area contributed by atoms with E-state index in [9.17, 15) is 5.26 Å². The fraction of sp³-hybridized carbons (Fsp3) is 0.400. The SMILES string of the molecule is C[C@H]1CCCCN1c1ccc(-n2cnnc2)cc1C#N. The predicted octanol–water partition coefficient (Wildman–Crippen LogP) is 2.52. The van der Waals surface area contributed by atoms with Gasteiger partial charge in [-0.15, -0.1) is 10.2 Å². The van der Waals surface area contributed by atoms with E-state index in [2.05, 4.69) is 28.1 Å². The molecule has 1 aliphatic rings. The van der Waals surface area contributed by atoms with Gasteiger partial charge in [0.2, 0.25) is 0 Å².